The number of hydrogen-bond acceptors (Lipinski definition) is 4. The summed E-state index contributed by atoms with van der Waals surface area (Å²) in [6.07, 6.45) is 0.240. The van der Waals surface area contributed by atoms with E-state index >= 15 is 0 Å². The molecule has 0 aliphatic carbocycles. The number of aromatic nitrogens is 2. The molecular formula is C12H17N3O3. The molecule has 1 fully saturated rings. The Balaban J connectivity index is 2.05. The molecule has 0 N–H and O–H groups in total. The lowest BCUT2D eigenvalue weighted by atomic mass is 10.1. The van der Waals surface area contributed by atoms with Crippen LogP contribution in [0.3, 0.4) is 0 Å². The molecule has 1 aromatic rings. The SMILES string of the molecule is COC(=O)C1CC(=O)N(Cc2cc(C)nn2C)C1. The molecule has 6 nitrogen and oxygen atoms in total. The largest absolute Gasteiger partial charge is 0.469 e. The van der Waals surface area contributed by atoms with Gasteiger partial charge in [-0.05, 0) is 13.0 Å². The third-order valence-electron chi connectivity index (χ3n) is 3.20. The van der Waals surface area contributed by atoms with E-state index in [1.807, 2.05) is 20.0 Å². The predicted octanol–water partition coefficient (Wildman–Crippen LogP) is 0.250. The van der Waals surface area contributed by atoms with Gasteiger partial charge in [-0.2, -0.15) is 5.10 Å². The first-order chi connectivity index (χ1) is 8.51. The summed E-state index contributed by atoms with van der Waals surface area (Å²) >= 11 is 0. The Hall–Kier alpha value is -1.85. The first-order valence-corrected chi connectivity index (χ1v) is 5.86. The Morgan fingerprint density at radius 1 is 1.61 bits per heavy atom. The van der Waals surface area contributed by atoms with Gasteiger partial charge in [-0.15, -0.1) is 0 Å². The number of carbonyl (C=O) groups is 2. The molecule has 1 unspecified atom stereocenters. The molecule has 0 spiro atoms. The molecule has 1 saturated heterocycles. The molecule has 1 atom stereocenters. The fourth-order valence-corrected chi connectivity index (χ4v) is 2.26. The van der Waals surface area contributed by atoms with Crippen molar-refractivity contribution in [1.82, 2.24) is 14.7 Å². The second-order valence-electron chi connectivity index (χ2n) is 4.60. The van der Waals surface area contributed by atoms with E-state index in [9.17, 15) is 9.59 Å². The number of likely N-dealkylation sites (tertiary alicyclic amines) is 1. The van der Waals surface area contributed by atoms with Crippen LogP contribution in [-0.4, -0.2) is 40.2 Å². The third-order valence-corrected chi connectivity index (χ3v) is 3.20. The van der Waals surface area contributed by atoms with Gasteiger partial charge in [0.15, 0.2) is 0 Å². The fraction of sp³-hybridized carbons (Fsp3) is 0.583. The van der Waals surface area contributed by atoms with Gasteiger partial charge in [0, 0.05) is 20.0 Å². The fourth-order valence-electron chi connectivity index (χ4n) is 2.26. The zero-order chi connectivity index (χ0) is 13.3. The molecule has 98 valence electrons. The smallest absolute Gasteiger partial charge is 0.310 e. The molecule has 0 aromatic carbocycles. The summed E-state index contributed by atoms with van der Waals surface area (Å²) in [4.78, 5) is 24.9. The van der Waals surface area contributed by atoms with Crippen molar-refractivity contribution in [2.75, 3.05) is 13.7 Å². The maximum absolute atomic E-state index is 11.8. The summed E-state index contributed by atoms with van der Waals surface area (Å²) in [6, 6.07) is 1.94. The lowest BCUT2D eigenvalue weighted by molar-refractivity contribution is -0.145. The van der Waals surface area contributed by atoms with Gasteiger partial charge in [0.25, 0.3) is 0 Å². The highest BCUT2D eigenvalue weighted by Gasteiger charge is 2.35. The molecule has 1 amide bonds. The Labute approximate surface area is 106 Å². The van der Waals surface area contributed by atoms with Crippen molar-refractivity contribution in [3.05, 3.63) is 17.5 Å². The zero-order valence-electron chi connectivity index (χ0n) is 10.8. The van der Waals surface area contributed by atoms with Crippen molar-refractivity contribution < 1.29 is 14.3 Å². The molecule has 2 heterocycles. The highest BCUT2D eigenvalue weighted by Crippen LogP contribution is 2.21. The summed E-state index contributed by atoms with van der Waals surface area (Å²) in [6.45, 7) is 2.83. The molecular weight excluding hydrogens is 234 g/mol. The number of ether oxygens (including phenoxy) is 1. The van der Waals surface area contributed by atoms with Crippen molar-refractivity contribution in [3.8, 4) is 0 Å². The number of hydrogen-bond donors (Lipinski definition) is 0. The number of rotatable bonds is 3. The van der Waals surface area contributed by atoms with Crippen molar-refractivity contribution >= 4 is 11.9 Å². The number of carbonyl (C=O) groups excluding carboxylic acids is 2. The van der Waals surface area contributed by atoms with Crippen LogP contribution in [0.1, 0.15) is 17.8 Å². The Kier molecular flexibility index (Phi) is 3.36. The lowest BCUT2D eigenvalue weighted by Crippen LogP contribution is -2.27. The van der Waals surface area contributed by atoms with Crippen LogP contribution in [0.25, 0.3) is 0 Å². The molecule has 1 aromatic heterocycles. The topological polar surface area (TPSA) is 64.4 Å². The Morgan fingerprint density at radius 2 is 2.33 bits per heavy atom. The quantitative estimate of drug-likeness (QED) is 0.722. The van der Waals surface area contributed by atoms with Crippen LogP contribution < -0.4 is 0 Å². The van der Waals surface area contributed by atoms with E-state index < -0.39 is 0 Å². The molecule has 0 saturated carbocycles. The third kappa shape index (κ3) is 2.37. The summed E-state index contributed by atoms with van der Waals surface area (Å²) in [7, 11) is 3.20. The maximum atomic E-state index is 11.8. The number of amides is 1. The summed E-state index contributed by atoms with van der Waals surface area (Å²) in [5.74, 6) is -0.659. The van der Waals surface area contributed by atoms with Crippen LogP contribution in [0.5, 0.6) is 0 Å². The normalized spacial score (nSPS) is 19.4. The summed E-state index contributed by atoms with van der Waals surface area (Å²) in [5.41, 5.74) is 1.88. The van der Waals surface area contributed by atoms with Crippen molar-refractivity contribution in [3.63, 3.8) is 0 Å². The van der Waals surface area contributed by atoms with E-state index in [-0.39, 0.29) is 24.2 Å². The molecule has 0 radical (unpaired) electrons. The molecule has 0 bridgehead atoms. The van der Waals surface area contributed by atoms with E-state index in [0.717, 1.165) is 11.4 Å². The zero-order valence-corrected chi connectivity index (χ0v) is 10.8. The summed E-state index contributed by atoms with van der Waals surface area (Å²) < 4.78 is 6.43. The van der Waals surface area contributed by atoms with E-state index in [1.165, 1.54) is 7.11 Å². The molecule has 1 aliphatic rings. The molecule has 18 heavy (non-hydrogen) atoms. The lowest BCUT2D eigenvalue weighted by Gasteiger charge is -2.16. The number of nitrogens with zero attached hydrogens (tertiary/aromatic N) is 3. The van der Waals surface area contributed by atoms with E-state index in [4.69, 9.17) is 0 Å². The van der Waals surface area contributed by atoms with Crippen LogP contribution in [0.2, 0.25) is 0 Å². The molecule has 6 heteroatoms. The van der Waals surface area contributed by atoms with Gasteiger partial charge >= 0.3 is 5.97 Å². The minimum absolute atomic E-state index is 0.00995. The van der Waals surface area contributed by atoms with E-state index in [0.29, 0.717) is 13.1 Å². The van der Waals surface area contributed by atoms with E-state index in [2.05, 4.69) is 9.84 Å². The van der Waals surface area contributed by atoms with Gasteiger partial charge in [-0.3, -0.25) is 14.3 Å². The minimum atomic E-state index is -0.336. The molecule has 2 rings (SSSR count). The highest BCUT2D eigenvalue weighted by atomic mass is 16.5. The second kappa shape index (κ2) is 4.80. The van der Waals surface area contributed by atoms with Crippen LogP contribution in [0.15, 0.2) is 6.07 Å². The van der Waals surface area contributed by atoms with Gasteiger partial charge in [0.2, 0.25) is 5.91 Å². The number of esters is 1. The Morgan fingerprint density at radius 3 is 2.89 bits per heavy atom. The highest BCUT2D eigenvalue weighted by molar-refractivity contribution is 5.86. The predicted molar refractivity (Wildman–Crippen MR) is 63.5 cm³/mol. The van der Waals surface area contributed by atoms with Crippen molar-refractivity contribution in [1.29, 1.82) is 0 Å². The van der Waals surface area contributed by atoms with Crippen molar-refractivity contribution in [2.45, 2.75) is 19.9 Å². The summed E-state index contributed by atoms with van der Waals surface area (Å²) in [5, 5.41) is 4.24. The van der Waals surface area contributed by atoms with Gasteiger partial charge in [-0.1, -0.05) is 0 Å². The number of aryl methyl sites for hydroxylation is 2. The first-order valence-electron chi connectivity index (χ1n) is 5.86. The van der Waals surface area contributed by atoms with Gasteiger partial charge in [0.1, 0.15) is 0 Å². The van der Waals surface area contributed by atoms with Gasteiger partial charge in [-0.25, -0.2) is 0 Å². The van der Waals surface area contributed by atoms with Crippen LogP contribution >= 0.6 is 0 Å². The first kappa shape index (κ1) is 12.6. The second-order valence-corrected chi connectivity index (χ2v) is 4.60. The average Bonchev–Trinajstić information content (AvgIpc) is 2.83. The van der Waals surface area contributed by atoms with Crippen LogP contribution in [0.4, 0.5) is 0 Å². The van der Waals surface area contributed by atoms with Gasteiger partial charge in [0.05, 0.1) is 31.0 Å². The Bertz CT molecular complexity index is 481. The minimum Gasteiger partial charge on any atom is -0.469 e. The monoisotopic (exact) mass is 251 g/mol. The molecule has 1 aliphatic heterocycles. The maximum Gasteiger partial charge on any atom is 0.310 e. The number of methoxy groups -OCH3 is 1. The van der Waals surface area contributed by atoms with E-state index in [1.54, 1.807) is 9.58 Å². The average molecular weight is 251 g/mol. The van der Waals surface area contributed by atoms with Crippen LogP contribution in [0, 0.1) is 12.8 Å². The standard InChI is InChI=1S/C12H17N3O3/c1-8-4-10(14(2)13-8)7-15-6-9(5-11(15)16)12(17)18-3/h4,9H,5-7H2,1-3H3. The van der Waals surface area contributed by atoms with Gasteiger partial charge < -0.3 is 9.64 Å². The van der Waals surface area contributed by atoms with Crippen LogP contribution in [-0.2, 0) is 27.9 Å². The van der Waals surface area contributed by atoms with Crippen molar-refractivity contribution in [2.24, 2.45) is 13.0 Å².